The number of likely N-dealkylation sites (tertiary alicyclic amines) is 1. The summed E-state index contributed by atoms with van der Waals surface area (Å²) in [6.45, 7) is 2.73. The summed E-state index contributed by atoms with van der Waals surface area (Å²) < 4.78 is 70.3. The number of rotatable bonds is 8. The summed E-state index contributed by atoms with van der Waals surface area (Å²) in [5.74, 6) is -1.07. The summed E-state index contributed by atoms with van der Waals surface area (Å²) in [5.41, 5.74) is -0.740. The molecule has 1 aromatic heterocycles. The zero-order valence-electron chi connectivity index (χ0n) is 20.5. The zero-order valence-corrected chi connectivity index (χ0v) is 21.4. The molecule has 204 valence electrons. The van der Waals surface area contributed by atoms with E-state index in [1.807, 2.05) is 0 Å². The lowest BCUT2D eigenvalue weighted by Crippen LogP contribution is -2.63. The van der Waals surface area contributed by atoms with Crippen LogP contribution in [0.2, 0.25) is 0 Å². The molecular weight excluding hydrogens is 515 g/mol. The van der Waals surface area contributed by atoms with Gasteiger partial charge in [0.05, 0.1) is 35.9 Å². The number of hydrogen-bond acceptors (Lipinski definition) is 7. The number of amides is 1. The van der Waals surface area contributed by atoms with Gasteiger partial charge in [-0.2, -0.15) is 18.3 Å². The number of carbonyl (C=O) groups excluding carboxylic acids is 2. The SMILES string of the molecule is CCOC(=O)C1CCC(N2CC(NC(=O)CN(c3n[nH]c4ccc(C(F)(F)F)cc34)S(C)(=O)=O)C2)CC1. The van der Waals surface area contributed by atoms with E-state index in [1.165, 1.54) is 6.07 Å². The lowest BCUT2D eigenvalue weighted by atomic mass is 9.84. The van der Waals surface area contributed by atoms with Crippen LogP contribution in [0.4, 0.5) is 19.0 Å². The zero-order chi connectivity index (χ0) is 27.0. The van der Waals surface area contributed by atoms with E-state index in [1.54, 1.807) is 6.92 Å². The van der Waals surface area contributed by atoms with Gasteiger partial charge < -0.3 is 10.1 Å². The number of carbonyl (C=O) groups is 2. The Labute approximate surface area is 212 Å². The van der Waals surface area contributed by atoms with Crippen LogP contribution in [0, 0.1) is 5.92 Å². The number of ether oxygens (including phenoxy) is 1. The van der Waals surface area contributed by atoms with Gasteiger partial charge in [0, 0.05) is 24.5 Å². The van der Waals surface area contributed by atoms with E-state index < -0.39 is 34.2 Å². The minimum atomic E-state index is -4.62. The molecule has 0 atom stereocenters. The molecule has 1 aliphatic heterocycles. The van der Waals surface area contributed by atoms with Gasteiger partial charge in [-0.1, -0.05) is 0 Å². The maximum Gasteiger partial charge on any atom is 0.416 e. The van der Waals surface area contributed by atoms with Gasteiger partial charge in [0.25, 0.3) is 0 Å². The molecule has 14 heteroatoms. The highest BCUT2D eigenvalue weighted by Gasteiger charge is 2.37. The summed E-state index contributed by atoms with van der Waals surface area (Å²) in [4.78, 5) is 26.9. The van der Waals surface area contributed by atoms with E-state index in [2.05, 4.69) is 20.4 Å². The van der Waals surface area contributed by atoms with E-state index in [9.17, 15) is 31.2 Å². The van der Waals surface area contributed by atoms with Crippen molar-refractivity contribution in [2.45, 2.75) is 50.9 Å². The molecule has 1 amide bonds. The molecule has 0 unspecified atom stereocenters. The number of esters is 1. The first-order valence-corrected chi connectivity index (χ1v) is 13.9. The molecule has 0 bridgehead atoms. The molecule has 2 heterocycles. The topological polar surface area (TPSA) is 125 Å². The van der Waals surface area contributed by atoms with Crippen molar-refractivity contribution in [2.75, 3.05) is 36.8 Å². The third kappa shape index (κ3) is 6.17. The Morgan fingerprint density at radius 2 is 1.89 bits per heavy atom. The third-order valence-electron chi connectivity index (χ3n) is 6.90. The van der Waals surface area contributed by atoms with Crippen molar-refractivity contribution < 1.29 is 35.9 Å². The maximum absolute atomic E-state index is 13.2. The van der Waals surface area contributed by atoms with Gasteiger partial charge in [-0.15, -0.1) is 0 Å². The molecule has 1 aromatic carbocycles. The first-order valence-electron chi connectivity index (χ1n) is 12.1. The number of alkyl halides is 3. The van der Waals surface area contributed by atoms with Gasteiger partial charge in [-0.3, -0.25) is 19.6 Å². The molecule has 2 fully saturated rings. The number of sulfonamides is 1. The van der Waals surface area contributed by atoms with Crippen molar-refractivity contribution in [1.29, 1.82) is 0 Å². The number of H-pyrrole nitrogens is 1. The number of fused-ring (bicyclic) bond motifs is 1. The van der Waals surface area contributed by atoms with E-state index in [0.29, 0.717) is 30.0 Å². The van der Waals surface area contributed by atoms with Crippen LogP contribution in [0.15, 0.2) is 18.2 Å². The van der Waals surface area contributed by atoms with Crippen molar-refractivity contribution >= 4 is 38.6 Å². The summed E-state index contributed by atoms with van der Waals surface area (Å²) in [7, 11) is -4.03. The molecule has 10 nitrogen and oxygen atoms in total. The molecule has 4 rings (SSSR count). The highest BCUT2D eigenvalue weighted by atomic mass is 32.2. The molecule has 2 aliphatic rings. The van der Waals surface area contributed by atoms with Crippen molar-refractivity contribution in [3.63, 3.8) is 0 Å². The second-order valence-corrected chi connectivity index (χ2v) is 11.5. The second-order valence-electron chi connectivity index (χ2n) is 9.55. The van der Waals surface area contributed by atoms with Crippen LogP contribution in [-0.4, -0.2) is 80.0 Å². The number of anilines is 1. The van der Waals surface area contributed by atoms with Gasteiger partial charge in [0.1, 0.15) is 6.54 Å². The summed E-state index contributed by atoms with van der Waals surface area (Å²) in [5, 5.41) is 9.16. The second kappa shape index (κ2) is 10.5. The van der Waals surface area contributed by atoms with Crippen LogP contribution in [0.25, 0.3) is 10.9 Å². The molecule has 0 spiro atoms. The van der Waals surface area contributed by atoms with Crippen LogP contribution in [-0.2, 0) is 30.5 Å². The molecule has 1 aliphatic carbocycles. The predicted molar refractivity (Wildman–Crippen MR) is 129 cm³/mol. The monoisotopic (exact) mass is 545 g/mol. The Balaban J connectivity index is 1.35. The minimum absolute atomic E-state index is 0.0544. The smallest absolute Gasteiger partial charge is 0.416 e. The molecule has 2 aromatic rings. The quantitative estimate of drug-likeness (QED) is 0.488. The van der Waals surface area contributed by atoms with Gasteiger partial charge >= 0.3 is 12.1 Å². The predicted octanol–water partition coefficient (Wildman–Crippen LogP) is 2.27. The number of halogens is 3. The Morgan fingerprint density at radius 1 is 1.22 bits per heavy atom. The fourth-order valence-electron chi connectivity index (χ4n) is 4.96. The highest BCUT2D eigenvalue weighted by molar-refractivity contribution is 7.92. The number of aromatic amines is 1. The van der Waals surface area contributed by atoms with Gasteiger partial charge in [-0.25, -0.2) is 12.7 Å². The summed E-state index contributed by atoms with van der Waals surface area (Å²) in [6.07, 6.45) is -0.519. The Morgan fingerprint density at radius 3 is 2.49 bits per heavy atom. The van der Waals surface area contributed by atoms with E-state index in [4.69, 9.17) is 4.74 Å². The summed E-state index contributed by atoms with van der Waals surface area (Å²) in [6, 6.07) is 2.98. The van der Waals surface area contributed by atoms with Crippen molar-refractivity contribution in [1.82, 2.24) is 20.4 Å². The number of nitrogens with one attached hydrogen (secondary N) is 2. The molecule has 1 saturated heterocycles. The van der Waals surface area contributed by atoms with Crippen LogP contribution in [0.1, 0.15) is 38.2 Å². The lowest BCUT2D eigenvalue weighted by Gasteiger charge is -2.46. The molecule has 1 saturated carbocycles. The molecule has 37 heavy (non-hydrogen) atoms. The highest BCUT2D eigenvalue weighted by Crippen LogP contribution is 2.34. The standard InChI is InChI=1S/C23H30F3N5O5S/c1-3-36-22(33)14-4-7-17(8-5-14)30-11-16(12-30)27-20(32)13-31(37(2,34)35)21-18-10-15(23(24,25)26)6-9-19(18)28-29-21/h6,9-10,14,16-17H,3-5,7-8,11-13H2,1-2H3,(H,27,32)(H,28,29). The first-order chi connectivity index (χ1) is 17.4. The van der Waals surface area contributed by atoms with Crippen molar-refractivity contribution in [2.24, 2.45) is 5.92 Å². The molecule has 2 N–H and O–H groups in total. The number of nitrogens with zero attached hydrogens (tertiary/aromatic N) is 3. The fourth-order valence-corrected chi connectivity index (χ4v) is 5.76. The van der Waals surface area contributed by atoms with E-state index in [0.717, 1.165) is 44.1 Å². The first kappa shape index (κ1) is 27.2. The van der Waals surface area contributed by atoms with E-state index in [-0.39, 0.29) is 34.6 Å². The van der Waals surface area contributed by atoms with E-state index >= 15 is 0 Å². The van der Waals surface area contributed by atoms with Gasteiger partial charge in [0.15, 0.2) is 5.82 Å². The average Bonchev–Trinajstić information content (AvgIpc) is 3.21. The molecule has 0 radical (unpaired) electrons. The Bertz CT molecular complexity index is 1250. The van der Waals surface area contributed by atoms with Crippen LogP contribution in [0.5, 0.6) is 0 Å². The normalized spacial score (nSPS) is 21.4. The number of aromatic nitrogens is 2. The van der Waals surface area contributed by atoms with Crippen molar-refractivity contribution in [3.8, 4) is 0 Å². The summed E-state index contributed by atoms with van der Waals surface area (Å²) >= 11 is 0. The van der Waals surface area contributed by atoms with Crippen LogP contribution >= 0.6 is 0 Å². The van der Waals surface area contributed by atoms with Crippen LogP contribution in [0.3, 0.4) is 0 Å². The number of hydrogen-bond donors (Lipinski definition) is 2. The Hall–Kier alpha value is -2.87. The van der Waals surface area contributed by atoms with Crippen LogP contribution < -0.4 is 9.62 Å². The lowest BCUT2D eigenvalue weighted by molar-refractivity contribution is -0.149. The minimum Gasteiger partial charge on any atom is -0.466 e. The maximum atomic E-state index is 13.2. The van der Waals surface area contributed by atoms with Gasteiger partial charge in [-0.05, 0) is 50.8 Å². The third-order valence-corrected chi connectivity index (χ3v) is 8.00. The number of benzene rings is 1. The average molecular weight is 546 g/mol. The fraction of sp³-hybridized carbons (Fsp3) is 0.609. The molecular formula is C23H30F3N5O5S. The Kier molecular flexibility index (Phi) is 7.70. The van der Waals surface area contributed by atoms with Crippen molar-refractivity contribution in [3.05, 3.63) is 23.8 Å². The largest absolute Gasteiger partial charge is 0.466 e. The van der Waals surface area contributed by atoms with Gasteiger partial charge in [0.2, 0.25) is 15.9 Å².